The number of aliphatic hydroxyl groups is 2. The Hall–Kier alpha value is -5.09. The molecule has 706 valence electrons. The number of carbonyl (C=O) groups excluding carboxylic acids is 3. The van der Waals surface area contributed by atoms with E-state index < -0.39 is 91.5 Å². The predicted octanol–water partition coefficient (Wildman–Crippen LogP) is 31.0. The molecule has 5 unspecified atom stereocenters. The molecule has 5 atom stereocenters. The van der Waals surface area contributed by atoms with Crippen molar-refractivity contribution < 1.29 is 75.8 Å². The van der Waals surface area contributed by atoms with Gasteiger partial charge >= 0.3 is 33.6 Å². The standard InChI is InChI=1S/C105H180O16P2/c1-4-7-10-13-16-19-22-25-28-31-34-37-40-43-45-47-48-49-50-52-54-56-58-61-64-67-70-73-76-79-82-85-88-91-103(108)115-94-100(106)95-117-122(111,112)118-96-101(107)97-119-123(113,114)120-99-102(121-105(110)93-90-87-84-81-78-75-72-69-66-63-60-55-42-39-36-33-30-27-24-21-18-15-12-9-6-3)98-116-104(109)92-89-86-83-80-77-74-71-68-65-62-59-57-53-51-46-44-41-38-35-32-29-26-23-20-17-14-11-8-5-2/h8,11,16-21,25-30,34-39,43-46,53,55,57,60,100-102,106-107H,4-7,9-10,12-15,22-24,31-33,40-42,47-52,54,56,58-59,61-99H2,1-3H3,(H,111,112)(H,113,114)/b11-8-,19-16-,20-17-,21-18-,28-25-,29-26-,30-27-,37-34-,38-35-,39-36-,45-43-,46-44-,57-53-,60-55-. The number of phosphoric ester groups is 2. The molecule has 0 heterocycles. The largest absolute Gasteiger partial charge is 0.472 e. The van der Waals surface area contributed by atoms with E-state index in [0.29, 0.717) is 19.3 Å². The summed E-state index contributed by atoms with van der Waals surface area (Å²) in [6, 6.07) is 0. The van der Waals surface area contributed by atoms with Crippen LogP contribution in [0.15, 0.2) is 170 Å². The summed E-state index contributed by atoms with van der Waals surface area (Å²) < 4.78 is 61.6. The molecule has 4 N–H and O–H groups in total. The first-order chi connectivity index (χ1) is 60.2. The van der Waals surface area contributed by atoms with Crippen LogP contribution in [0.1, 0.15) is 419 Å². The van der Waals surface area contributed by atoms with Gasteiger partial charge < -0.3 is 34.2 Å². The molecule has 0 saturated carbocycles. The summed E-state index contributed by atoms with van der Waals surface area (Å²) in [5.74, 6) is -1.58. The maximum Gasteiger partial charge on any atom is 0.472 e. The third-order valence-electron chi connectivity index (χ3n) is 20.9. The van der Waals surface area contributed by atoms with E-state index in [-0.39, 0.29) is 19.3 Å². The zero-order chi connectivity index (χ0) is 89.3. The molecule has 123 heavy (non-hydrogen) atoms. The van der Waals surface area contributed by atoms with Gasteiger partial charge in [-0.3, -0.25) is 32.5 Å². The van der Waals surface area contributed by atoms with Crippen molar-refractivity contribution in [1.82, 2.24) is 0 Å². The van der Waals surface area contributed by atoms with Gasteiger partial charge in [-0.05, 0) is 161 Å². The number of hydrogen-bond acceptors (Lipinski definition) is 14. The number of rotatable bonds is 93. The van der Waals surface area contributed by atoms with Gasteiger partial charge in [0.25, 0.3) is 0 Å². The minimum atomic E-state index is -4.95. The fourth-order valence-electron chi connectivity index (χ4n) is 13.4. The number of hydrogen-bond donors (Lipinski definition) is 4. The van der Waals surface area contributed by atoms with Gasteiger partial charge in [0.15, 0.2) is 6.10 Å². The Morgan fingerprint density at radius 3 is 0.683 bits per heavy atom. The highest BCUT2D eigenvalue weighted by Gasteiger charge is 2.30. The first-order valence-electron chi connectivity index (χ1n) is 49.4. The molecule has 16 nitrogen and oxygen atoms in total. The summed E-state index contributed by atoms with van der Waals surface area (Å²) in [7, 11) is -9.82. The number of aliphatic hydroxyl groups excluding tert-OH is 2. The zero-order valence-electron chi connectivity index (χ0n) is 78.1. The van der Waals surface area contributed by atoms with Gasteiger partial charge in [-0.15, -0.1) is 0 Å². The number of allylic oxidation sites excluding steroid dienone is 28. The van der Waals surface area contributed by atoms with Crippen molar-refractivity contribution in [1.29, 1.82) is 0 Å². The van der Waals surface area contributed by atoms with Crippen LogP contribution in [0.25, 0.3) is 0 Å². The normalized spacial score (nSPS) is 14.4. The van der Waals surface area contributed by atoms with Crippen LogP contribution in [0.5, 0.6) is 0 Å². The molecule has 0 aliphatic rings. The van der Waals surface area contributed by atoms with E-state index in [1.54, 1.807) is 0 Å². The molecule has 18 heteroatoms. The lowest BCUT2D eigenvalue weighted by Gasteiger charge is -2.21. The summed E-state index contributed by atoms with van der Waals surface area (Å²) in [6.07, 6.45) is 125. The number of phosphoric acid groups is 2. The minimum absolute atomic E-state index is 0.0923. The average Bonchev–Trinajstić information content (AvgIpc) is 0.898. The number of unbranched alkanes of at least 4 members (excludes halogenated alkanes) is 42. The maximum absolute atomic E-state index is 13.1. The molecule has 0 aliphatic heterocycles. The highest BCUT2D eigenvalue weighted by atomic mass is 31.2. The summed E-state index contributed by atoms with van der Waals surface area (Å²) in [5, 5.41) is 20.8. The summed E-state index contributed by atoms with van der Waals surface area (Å²) >= 11 is 0. The summed E-state index contributed by atoms with van der Waals surface area (Å²) in [6.45, 7) is 2.56. The lowest BCUT2D eigenvalue weighted by Crippen LogP contribution is -2.30. The van der Waals surface area contributed by atoms with Crippen molar-refractivity contribution in [3.63, 3.8) is 0 Å². The SMILES string of the molecule is CC/C=C\C/C=C\C/C=C\C/C=C\C/C=C\C/C=C\CCCCCCCCCCCCC(=O)OCC(COP(=O)(O)OCC(O)COP(=O)(O)OCC(O)COC(=O)CCCCCCCCCCCCCCCCCCC/C=C\C/C=C\C/C=C\C/C=C\CCCCC)OC(=O)CCCCCCCCCCC/C=C\C/C=C\C/C=C\C/C=C\CCCCC. The van der Waals surface area contributed by atoms with Crippen LogP contribution >= 0.6 is 15.6 Å². The van der Waals surface area contributed by atoms with Crippen LogP contribution in [0.3, 0.4) is 0 Å². The second-order valence-electron chi connectivity index (χ2n) is 32.8. The molecule has 0 spiro atoms. The van der Waals surface area contributed by atoms with Gasteiger partial charge in [-0.1, -0.05) is 409 Å². The molecule has 0 saturated heterocycles. The Morgan fingerprint density at radius 1 is 0.236 bits per heavy atom. The van der Waals surface area contributed by atoms with Crippen molar-refractivity contribution in [2.75, 3.05) is 39.6 Å². The van der Waals surface area contributed by atoms with Gasteiger partial charge in [-0.2, -0.15) is 0 Å². The first kappa shape index (κ1) is 118. The van der Waals surface area contributed by atoms with Crippen LogP contribution in [0.4, 0.5) is 0 Å². The van der Waals surface area contributed by atoms with E-state index in [1.165, 1.54) is 199 Å². The Kier molecular flexibility index (Phi) is 92.0. The maximum atomic E-state index is 13.1. The molecule has 0 aromatic rings. The third kappa shape index (κ3) is 97.4. The van der Waals surface area contributed by atoms with E-state index in [9.17, 15) is 43.5 Å². The van der Waals surface area contributed by atoms with E-state index in [0.717, 1.165) is 161 Å². The van der Waals surface area contributed by atoms with E-state index in [1.807, 2.05) is 0 Å². The number of esters is 3. The number of ether oxygens (including phenoxy) is 3. The van der Waals surface area contributed by atoms with Crippen molar-refractivity contribution in [2.45, 2.75) is 437 Å². The van der Waals surface area contributed by atoms with Gasteiger partial charge in [0.2, 0.25) is 0 Å². The van der Waals surface area contributed by atoms with Crippen LogP contribution in [-0.4, -0.2) is 95.9 Å². The molecular weight excluding hydrogens is 1580 g/mol. The Bertz CT molecular complexity index is 2920. The molecule has 0 aromatic carbocycles. The summed E-state index contributed by atoms with van der Waals surface area (Å²) in [4.78, 5) is 59.1. The van der Waals surface area contributed by atoms with Crippen LogP contribution < -0.4 is 0 Å². The molecule has 0 fully saturated rings. The Labute approximate surface area is 752 Å². The fraction of sp³-hybridized carbons (Fsp3) is 0.705. The Balaban J connectivity index is 4.61. The van der Waals surface area contributed by atoms with Crippen molar-refractivity contribution in [3.8, 4) is 0 Å². The topological polar surface area (TPSA) is 231 Å². The predicted molar refractivity (Wildman–Crippen MR) is 519 cm³/mol. The molecular formula is C105H180O16P2. The van der Waals surface area contributed by atoms with Gasteiger partial charge in [0, 0.05) is 19.3 Å². The molecule has 0 aliphatic carbocycles. The molecule has 0 aromatic heterocycles. The summed E-state index contributed by atoms with van der Waals surface area (Å²) in [5.41, 5.74) is 0. The smallest absolute Gasteiger partial charge is 0.463 e. The molecule has 0 radical (unpaired) electrons. The molecule has 0 rings (SSSR count). The lowest BCUT2D eigenvalue weighted by atomic mass is 10.0. The van der Waals surface area contributed by atoms with Crippen molar-refractivity contribution in [2.24, 2.45) is 0 Å². The fourth-order valence-corrected chi connectivity index (χ4v) is 15.0. The second kappa shape index (κ2) is 96.0. The van der Waals surface area contributed by atoms with Gasteiger partial charge in [0.05, 0.1) is 26.4 Å². The van der Waals surface area contributed by atoms with E-state index >= 15 is 0 Å². The van der Waals surface area contributed by atoms with E-state index in [2.05, 4.69) is 191 Å². The van der Waals surface area contributed by atoms with Gasteiger partial charge in [-0.25, -0.2) is 9.13 Å². The highest BCUT2D eigenvalue weighted by molar-refractivity contribution is 7.47. The van der Waals surface area contributed by atoms with Crippen LogP contribution in [0.2, 0.25) is 0 Å². The Morgan fingerprint density at radius 2 is 0.431 bits per heavy atom. The van der Waals surface area contributed by atoms with Crippen LogP contribution in [-0.2, 0) is 55.8 Å². The minimum Gasteiger partial charge on any atom is -0.463 e. The van der Waals surface area contributed by atoms with E-state index in [4.69, 9.17) is 32.3 Å². The highest BCUT2D eigenvalue weighted by Crippen LogP contribution is 2.45. The lowest BCUT2D eigenvalue weighted by molar-refractivity contribution is -0.161. The van der Waals surface area contributed by atoms with Crippen molar-refractivity contribution in [3.05, 3.63) is 170 Å². The molecule has 0 bridgehead atoms. The quantitative estimate of drug-likeness (QED) is 0.0146. The second-order valence-corrected chi connectivity index (χ2v) is 35.7. The first-order valence-corrected chi connectivity index (χ1v) is 52.4. The third-order valence-corrected chi connectivity index (χ3v) is 22.8. The van der Waals surface area contributed by atoms with Gasteiger partial charge in [0.1, 0.15) is 25.4 Å². The van der Waals surface area contributed by atoms with Crippen molar-refractivity contribution >= 4 is 33.6 Å². The number of carbonyl (C=O) groups is 3. The average molecular weight is 1760 g/mol. The zero-order valence-corrected chi connectivity index (χ0v) is 79.9. The monoisotopic (exact) mass is 1760 g/mol. The van der Waals surface area contributed by atoms with Crippen LogP contribution in [0, 0.1) is 0 Å². The molecule has 0 amide bonds.